The molecular formula is C20H24O2. The van der Waals surface area contributed by atoms with Gasteiger partial charge in [0.2, 0.25) is 0 Å². The number of ketones is 1. The molecule has 0 fully saturated rings. The van der Waals surface area contributed by atoms with Crippen LogP contribution in [0.2, 0.25) is 0 Å². The minimum Gasteiger partial charge on any atom is -0.489 e. The van der Waals surface area contributed by atoms with Gasteiger partial charge in [0.15, 0.2) is 0 Å². The first-order valence-electron chi connectivity index (χ1n) is 7.66. The van der Waals surface area contributed by atoms with E-state index in [2.05, 4.69) is 39.0 Å². The average molecular weight is 296 g/mol. The molecule has 0 N–H and O–H groups in total. The minimum absolute atomic E-state index is 0.0289. The van der Waals surface area contributed by atoms with E-state index >= 15 is 0 Å². The zero-order valence-electron chi connectivity index (χ0n) is 13.8. The van der Waals surface area contributed by atoms with Gasteiger partial charge in [-0.1, -0.05) is 63.2 Å². The molecule has 0 aromatic heterocycles. The maximum Gasteiger partial charge on any atom is 0.134 e. The first-order chi connectivity index (χ1) is 10.4. The molecule has 0 unspecified atom stereocenters. The lowest BCUT2D eigenvalue weighted by Gasteiger charge is -2.24. The van der Waals surface area contributed by atoms with E-state index in [-0.39, 0.29) is 11.2 Å². The molecular weight excluding hydrogens is 272 g/mol. The fourth-order valence-electron chi connectivity index (χ4n) is 2.42. The average Bonchev–Trinajstić information content (AvgIpc) is 2.45. The molecule has 2 aromatic rings. The molecule has 0 aliphatic rings. The highest BCUT2D eigenvalue weighted by molar-refractivity contribution is 5.78. The van der Waals surface area contributed by atoms with Crippen LogP contribution in [0.5, 0.6) is 5.75 Å². The smallest absolute Gasteiger partial charge is 0.134 e. The number of carbonyl (C=O) groups excluding carboxylic acids is 1. The van der Waals surface area contributed by atoms with Crippen LogP contribution in [0.3, 0.4) is 0 Å². The molecule has 0 spiro atoms. The Morgan fingerprint density at radius 2 is 1.68 bits per heavy atom. The lowest BCUT2D eigenvalue weighted by molar-refractivity contribution is -0.116. The summed E-state index contributed by atoms with van der Waals surface area (Å²) in [6.45, 7) is 8.66. The summed E-state index contributed by atoms with van der Waals surface area (Å²) < 4.78 is 6.02. The van der Waals surface area contributed by atoms with Crippen LogP contribution in [0.1, 0.15) is 44.4 Å². The van der Waals surface area contributed by atoms with Gasteiger partial charge in [-0.25, -0.2) is 0 Å². The Labute approximate surface area is 133 Å². The summed E-state index contributed by atoms with van der Waals surface area (Å²) in [6.07, 6.45) is 0.474. The van der Waals surface area contributed by atoms with E-state index in [1.807, 2.05) is 30.3 Å². The molecule has 116 valence electrons. The number of ether oxygens (including phenoxy) is 1. The van der Waals surface area contributed by atoms with Crippen LogP contribution in [0, 0.1) is 0 Å². The first kappa shape index (κ1) is 16.3. The summed E-state index contributed by atoms with van der Waals surface area (Å²) in [4.78, 5) is 11.3. The molecule has 0 heterocycles. The van der Waals surface area contributed by atoms with Crippen molar-refractivity contribution < 1.29 is 9.53 Å². The van der Waals surface area contributed by atoms with E-state index in [1.54, 1.807) is 6.92 Å². The zero-order valence-corrected chi connectivity index (χ0v) is 13.8. The maximum atomic E-state index is 11.3. The Hall–Kier alpha value is -2.09. The number of hydrogen-bond donors (Lipinski definition) is 0. The highest BCUT2D eigenvalue weighted by Gasteiger charge is 2.20. The van der Waals surface area contributed by atoms with Crippen LogP contribution in [-0.4, -0.2) is 5.78 Å². The van der Waals surface area contributed by atoms with E-state index in [9.17, 15) is 4.79 Å². The molecule has 2 rings (SSSR count). The van der Waals surface area contributed by atoms with Gasteiger partial charge in [0.05, 0.1) is 0 Å². The van der Waals surface area contributed by atoms with Crippen LogP contribution < -0.4 is 4.74 Å². The van der Waals surface area contributed by atoms with E-state index in [4.69, 9.17) is 4.74 Å². The molecule has 0 saturated heterocycles. The molecule has 0 atom stereocenters. The third-order valence-electron chi connectivity index (χ3n) is 3.54. The van der Waals surface area contributed by atoms with Crippen molar-refractivity contribution in [1.29, 1.82) is 0 Å². The molecule has 2 nitrogen and oxygen atoms in total. The van der Waals surface area contributed by atoms with Crippen molar-refractivity contribution in [2.45, 2.75) is 46.1 Å². The first-order valence-corrected chi connectivity index (χ1v) is 7.66. The SMILES string of the molecule is CC(=O)Cc1ccc(OCc2ccccc2)c(C(C)(C)C)c1. The molecule has 2 heteroatoms. The topological polar surface area (TPSA) is 26.3 Å². The second-order valence-corrected chi connectivity index (χ2v) is 6.73. The number of carbonyl (C=O) groups is 1. The largest absolute Gasteiger partial charge is 0.489 e. The van der Waals surface area contributed by atoms with Crippen LogP contribution in [-0.2, 0) is 23.2 Å². The Morgan fingerprint density at radius 3 is 2.27 bits per heavy atom. The lowest BCUT2D eigenvalue weighted by Crippen LogP contribution is -2.14. The molecule has 0 aliphatic heterocycles. The van der Waals surface area contributed by atoms with E-state index in [0.717, 1.165) is 22.4 Å². The number of benzene rings is 2. The van der Waals surface area contributed by atoms with Gasteiger partial charge in [-0.05, 0) is 35.1 Å². The van der Waals surface area contributed by atoms with Crippen molar-refractivity contribution in [3.63, 3.8) is 0 Å². The fraction of sp³-hybridized carbons (Fsp3) is 0.350. The standard InChI is InChI=1S/C20H24O2/c1-15(21)12-17-10-11-19(18(13-17)20(2,3)4)22-14-16-8-6-5-7-9-16/h5-11,13H,12,14H2,1-4H3. The minimum atomic E-state index is -0.0289. The number of rotatable bonds is 5. The van der Waals surface area contributed by atoms with Crippen molar-refractivity contribution in [3.05, 3.63) is 65.2 Å². The number of Topliss-reactive ketones (excluding diaryl/α,β-unsaturated/α-hetero) is 1. The zero-order chi connectivity index (χ0) is 16.2. The summed E-state index contributed by atoms with van der Waals surface area (Å²) in [5.41, 5.74) is 3.31. The summed E-state index contributed by atoms with van der Waals surface area (Å²) in [5, 5.41) is 0. The predicted octanol–water partition coefficient (Wildman–Crippen LogP) is 4.69. The van der Waals surface area contributed by atoms with Crippen molar-refractivity contribution in [3.8, 4) is 5.75 Å². The van der Waals surface area contributed by atoms with Crippen LogP contribution in [0.4, 0.5) is 0 Å². The van der Waals surface area contributed by atoms with Crippen molar-refractivity contribution in [2.75, 3.05) is 0 Å². The lowest BCUT2D eigenvalue weighted by atomic mass is 9.85. The summed E-state index contributed by atoms with van der Waals surface area (Å²) in [5.74, 6) is 1.07. The molecule has 22 heavy (non-hydrogen) atoms. The summed E-state index contributed by atoms with van der Waals surface area (Å²) in [7, 11) is 0. The van der Waals surface area contributed by atoms with Crippen molar-refractivity contribution in [1.82, 2.24) is 0 Å². The van der Waals surface area contributed by atoms with E-state index in [0.29, 0.717) is 13.0 Å². The maximum absolute atomic E-state index is 11.3. The molecule has 2 aromatic carbocycles. The Bertz CT molecular complexity index is 637. The molecule has 0 saturated carbocycles. The highest BCUT2D eigenvalue weighted by atomic mass is 16.5. The fourth-order valence-corrected chi connectivity index (χ4v) is 2.42. The van der Waals surface area contributed by atoms with Gasteiger partial charge >= 0.3 is 0 Å². The second kappa shape index (κ2) is 6.78. The van der Waals surface area contributed by atoms with Crippen LogP contribution in [0.25, 0.3) is 0 Å². The summed E-state index contributed by atoms with van der Waals surface area (Å²) >= 11 is 0. The molecule has 0 bridgehead atoms. The normalized spacial score (nSPS) is 11.3. The monoisotopic (exact) mass is 296 g/mol. The van der Waals surface area contributed by atoms with Crippen LogP contribution in [0.15, 0.2) is 48.5 Å². The van der Waals surface area contributed by atoms with E-state index in [1.165, 1.54) is 0 Å². The third kappa shape index (κ3) is 4.45. The molecule has 0 aliphatic carbocycles. The third-order valence-corrected chi connectivity index (χ3v) is 3.54. The van der Waals surface area contributed by atoms with Crippen molar-refractivity contribution in [2.24, 2.45) is 0 Å². The van der Waals surface area contributed by atoms with Gasteiger partial charge in [-0.3, -0.25) is 4.79 Å². The Kier molecular flexibility index (Phi) is 5.02. The Balaban J connectivity index is 2.24. The van der Waals surface area contributed by atoms with Gasteiger partial charge in [-0.15, -0.1) is 0 Å². The van der Waals surface area contributed by atoms with Crippen molar-refractivity contribution >= 4 is 5.78 Å². The predicted molar refractivity (Wildman–Crippen MR) is 90.3 cm³/mol. The van der Waals surface area contributed by atoms with Gasteiger partial charge < -0.3 is 4.74 Å². The van der Waals surface area contributed by atoms with Gasteiger partial charge in [0.25, 0.3) is 0 Å². The van der Waals surface area contributed by atoms with Gasteiger partial charge in [0.1, 0.15) is 18.1 Å². The van der Waals surface area contributed by atoms with Crippen LogP contribution >= 0.6 is 0 Å². The quantitative estimate of drug-likeness (QED) is 0.799. The number of hydrogen-bond acceptors (Lipinski definition) is 2. The van der Waals surface area contributed by atoms with Gasteiger partial charge in [0, 0.05) is 6.42 Å². The summed E-state index contributed by atoms with van der Waals surface area (Å²) in [6, 6.07) is 16.2. The van der Waals surface area contributed by atoms with E-state index < -0.39 is 0 Å². The second-order valence-electron chi connectivity index (χ2n) is 6.73. The Morgan fingerprint density at radius 1 is 1.00 bits per heavy atom. The molecule has 0 amide bonds. The molecule has 0 radical (unpaired) electrons. The highest BCUT2D eigenvalue weighted by Crippen LogP contribution is 2.33. The van der Waals surface area contributed by atoms with Gasteiger partial charge in [-0.2, -0.15) is 0 Å².